The highest BCUT2D eigenvalue weighted by atomic mass is 127. The van der Waals surface area contributed by atoms with Crippen LogP contribution in [0.2, 0.25) is 0 Å². The van der Waals surface area contributed by atoms with Gasteiger partial charge in [0.25, 0.3) is 0 Å². The van der Waals surface area contributed by atoms with E-state index in [1.807, 2.05) is 25.6 Å². The van der Waals surface area contributed by atoms with E-state index in [4.69, 9.17) is 0 Å². The summed E-state index contributed by atoms with van der Waals surface area (Å²) in [5.41, 5.74) is 3.44. The van der Waals surface area contributed by atoms with Gasteiger partial charge in [-0.3, -0.25) is 9.67 Å². The Hall–Kier alpha value is -0.840. The van der Waals surface area contributed by atoms with E-state index in [9.17, 15) is 8.42 Å². The summed E-state index contributed by atoms with van der Waals surface area (Å²) in [6.45, 7) is 9.12. The number of hydrogen-bond donors (Lipinski definition) is 2. The Morgan fingerprint density at radius 1 is 1.38 bits per heavy atom. The molecule has 0 aromatic carbocycles. The molecule has 0 fully saturated rings. The Morgan fingerprint density at radius 3 is 2.46 bits per heavy atom. The van der Waals surface area contributed by atoms with E-state index in [-0.39, 0.29) is 42.3 Å². The van der Waals surface area contributed by atoms with Gasteiger partial charge in [0.2, 0.25) is 0 Å². The molecule has 2 N–H and O–H groups in total. The Kier molecular flexibility index (Phi) is 9.86. The lowest BCUT2D eigenvalue weighted by Crippen LogP contribution is -2.43. The van der Waals surface area contributed by atoms with Gasteiger partial charge in [0, 0.05) is 31.6 Å². The quantitative estimate of drug-likeness (QED) is 0.355. The molecule has 0 spiro atoms. The molecule has 0 amide bonds. The first-order valence-electron chi connectivity index (χ1n) is 7.85. The van der Waals surface area contributed by atoms with Crippen LogP contribution in [0.25, 0.3) is 0 Å². The first kappa shape index (κ1) is 23.2. The van der Waals surface area contributed by atoms with Crippen LogP contribution in [0.5, 0.6) is 0 Å². The van der Waals surface area contributed by atoms with E-state index in [1.54, 1.807) is 0 Å². The summed E-state index contributed by atoms with van der Waals surface area (Å²) in [5.74, 6) is 0.696. The number of guanidine groups is 1. The molecular weight excluding hydrogens is 441 g/mol. The molecule has 0 radical (unpaired) electrons. The van der Waals surface area contributed by atoms with Crippen molar-refractivity contribution in [3.05, 3.63) is 17.0 Å². The summed E-state index contributed by atoms with van der Waals surface area (Å²) in [7, 11) is -1.05. The minimum Gasteiger partial charge on any atom is -0.357 e. The largest absolute Gasteiger partial charge is 0.357 e. The molecule has 1 atom stereocenters. The van der Waals surface area contributed by atoms with Crippen LogP contribution >= 0.6 is 24.0 Å². The number of nitrogens with one attached hydrogen (secondary N) is 2. The van der Waals surface area contributed by atoms with Crippen molar-refractivity contribution in [2.24, 2.45) is 12.0 Å². The summed E-state index contributed by atoms with van der Waals surface area (Å²) >= 11 is 0. The van der Waals surface area contributed by atoms with Gasteiger partial charge in [0.15, 0.2) is 5.96 Å². The zero-order chi connectivity index (χ0) is 17.6. The third kappa shape index (κ3) is 7.82. The fraction of sp³-hybridized carbons (Fsp3) is 0.733. The summed E-state index contributed by atoms with van der Waals surface area (Å²) in [4.78, 5) is 4.32. The second-order valence-corrected chi connectivity index (χ2v) is 8.17. The van der Waals surface area contributed by atoms with Gasteiger partial charge < -0.3 is 10.6 Å². The molecule has 9 heteroatoms. The van der Waals surface area contributed by atoms with Crippen molar-refractivity contribution >= 4 is 39.8 Å². The highest BCUT2D eigenvalue weighted by Gasteiger charge is 2.14. The molecule has 0 bridgehead atoms. The highest BCUT2D eigenvalue weighted by molar-refractivity contribution is 14.0. The average Bonchev–Trinajstić information content (AvgIpc) is 2.64. The molecule has 0 aliphatic carbocycles. The average molecular weight is 471 g/mol. The SMILES string of the molecule is CCNC(=NCCS(C)(=O)=O)NC(C)Cc1c(C)nn(C)c1C.I. The minimum absolute atomic E-state index is 0. The molecule has 7 nitrogen and oxygen atoms in total. The van der Waals surface area contributed by atoms with Crippen LogP contribution in [0.15, 0.2) is 4.99 Å². The summed E-state index contributed by atoms with van der Waals surface area (Å²) < 4.78 is 24.3. The first-order chi connectivity index (χ1) is 10.6. The van der Waals surface area contributed by atoms with Crippen molar-refractivity contribution in [3.8, 4) is 0 Å². The Morgan fingerprint density at radius 2 is 2.00 bits per heavy atom. The molecule has 0 aliphatic rings. The van der Waals surface area contributed by atoms with E-state index in [0.717, 1.165) is 24.4 Å². The second-order valence-electron chi connectivity index (χ2n) is 5.91. The van der Waals surface area contributed by atoms with Gasteiger partial charge in [0.05, 0.1) is 18.0 Å². The van der Waals surface area contributed by atoms with E-state index < -0.39 is 9.84 Å². The Bertz CT molecular complexity index is 655. The predicted octanol–water partition coefficient (Wildman–Crippen LogP) is 1.19. The number of rotatable bonds is 7. The fourth-order valence-electron chi connectivity index (χ4n) is 2.35. The van der Waals surface area contributed by atoms with Crippen molar-refractivity contribution in [1.82, 2.24) is 20.4 Å². The molecule has 24 heavy (non-hydrogen) atoms. The van der Waals surface area contributed by atoms with E-state index in [2.05, 4.69) is 34.6 Å². The van der Waals surface area contributed by atoms with Crippen molar-refractivity contribution in [1.29, 1.82) is 0 Å². The summed E-state index contributed by atoms with van der Waals surface area (Å²) in [5, 5.41) is 10.9. The van der Waals surface area contributed by atoms with Crippen LogP contribution in [0, 0.1) is 13.8 Å². The van der Waals surface area contributed by atoms with E-state index in [1.165, 1.54) is 11.8 Å². The first-order valence-corrected chi connectivity index (χ1v) is 9.91. The number of halogens is 1. The topological polar surface area (TPSA) is 88.4 Å². The van der Waals surface area contributed by atoms with Gasteiger partial charge in [-0.15, -0.1) is 24.0 Å². The van der Waals surface area contributed by atoms with Gasteiger partial charge in [-0.25, -0.2) is 8.42 Å². The maximum atomic E-state index is 11.2. The summed E-state index contributed by atoms with van der Waals surface area (Å²) in [6.07, 6.45) is 2.06. The Labute approximate surface area is 162 Å². The van der Waals surface area contributed by atoms with Crippen LogP contribution in [0.3, 0.4) is 0 Å². The number of sulfone groups is 1. The molecule has 1 aromatic rings. The number of aryl methyl sites for hydroxylation is 2. The van der Waals surface area contributed by atoms with Crippen LogP contribution in [-0.2, 0) is 23.3 Å². The second kappa shape index (κ2) is 10.2. The van der Waals surface area contributed by atoms with Gasteiger partial charge in [0.1, 0.15) is 9.84 Å². The lowest BCUT2D eigenvalue weighted by molar-refractivity contribution is 0.601. The van der Waals surface area contributed by atoms with E-state index in [0.29, 0.717) is 5.96 Å². The molecule has 1 heterocycles. The molecule has 0 aliphatic heterocycles. The van der Waals surface area contributed by atoms with Crippen LogP contribution < -0.4 is 10.6 Å². The minimum atomic E-state index is -2.99. The molecule has 1 aromatic heterocycles. The highest BCUT2D eigenvalue weighted by Crippen LogP contribution is 2.14. The lowest BCUT2D eigenvalue weighted by Gasteiger charge is -2.18. The van der Waals surface area contributed by atoms with Crippen molar-refractivity contribution in [3.63, 3.8) is 0 Å². The lowest BCUT2D eigenvalue weighted by atomic mass is 10.1. The van der Waals surface area contributed by atoms with Crippen LogP contribution in [0.4, 0.5) is 0 Å². The summed E-state index contributed by atoms with van der Waals surface area (Å²) in [6, 6.07) is 0.160. The van der Waals surface area contributed by atoms with Crippen molar-refractivity contribution in [2.75, 3.05) is 25.1 Å². The molecule has 1 unspecified atom stereocenters. The van der Waals surface area contributed by atoms with Gasteiger partial charge in [-0.05, 0) is 39.7 Å². The maximum absolute atomic E-state index is 11.2. The molecular formula is C15H30IN5O2S. The smallest absolute Gasteiger partial charge is 0.191 e. The van der Waals surface area contributed by atoms with E-state index >= 15 is 0 Å². The van der Waals surface area contributed by atoms with Gasteiger partial charge >= 0.3 is 0 Å². The monoisotopic (exact) mass is 471 g/mol. The fourth-order valence-corrected chi connectivity index (χ4v) is 2.77. The third-order valence-corrected chi connectivity index (χ3v) is 4.55. The van der Waals surface area contributed by atoms with Gasteiger partial charge in [-0.2, -0.15) is 5.10 Å². The third-order valence-electron chi connectivity index (χ3n) is 3.63. The molecule has 0 saturated carbocycles. The van der Waals surface area contributed by atoms with Gasteiger partial charge in [-0.1, -0.05) is 0 Å². The number of hydrogen-bond acceptors (Lipinski definition) is 4. The predicted molar refractivity (Wildman–Crippen MR) is 110 cm³/mol. The number of nitrogens with zero attached hydrogens (tertiary/aromatic N) is 3. The standard InChI is InChI=1S/C15H29N5O2S.HI/c1-7-16-15(17-8-9-23(6,21)22)18-11(2)10-14-12(3)19-20(5)13(14)4;/h11H,7-10H2,1-6H3,(H2,16,17,18);1H. The zero-order valence-electron chi connectivity index (χ0n) is 15.4. The van der Waals surface area contributed by atoms with Crippen LogP contribution in [-0.4, -0.2) is 55.3 Å². The van der Waals surface area contributed by atoms with Crippen molar-refractivity contribution < 1.29 is 8.42 Å². The van der Waals surface area contributed by atoms with Crippen molar-refractivity contribution in [2.45, 2.75) is 40.2 Å². The molecule has 140 valence electrons. The Balaban J connectivity index is 0.00000529. The molecule has 0 saturated heterocycles. The normalized spacial score (nSPS) is 13.3. The van der Waals surface area contributed by atoms with Crippen LogP contribution in [0.1, 0.15) is 30.8 Å². The number of aromatic nitrogens is 2. The maximum Gasteiger partial charge on any atom is 0.191 e. The zero-order valence-corrected chi connectivity index (χ0v) is 18.5. The molecule has 1 rings (SSSR count). The number of aliphatic imine (C=N–C) groups is 1.